The van der Waals surface area contributed by atoms with E-state index in [2.05, 4.69) is 5.32 Å². The zero-order chi connectivity index (χ0) is 15.6. The molecule has 21 heavy (non-hydrogen) atoms. The number of carbonyl (C=O) groups excluding carboxylic acids is 3. The van der Waals surface area contributed by atoms with Gasteiger partial charge in [-0.05, 0) is 30.0 Å². The highest BCUT2D eigenvalue weighted by atomic mass is 16.2. The van der Waals surface area contributed by atoms with Crippen molar-refractivity contribution in [2.75, 3.05) is 0 Å². The Morgan fingerprint density at radius 3 is 2.43 bits per heavy atom. The van der Waals surface area contributed by atoms with E-state index in [4.69, 9.17) is 5.73 Å². The van der Waals surface area contributed by atoms with Crippen LogP contribution in [-0.2, 0) is 11.3 Å². The van der Waals surface area contributed by atoms with E-state index in [0.717, 1.165) is 5.56 Å². The molecule has 3 N–H and O–H groups in total. The molecule has 1 fully saturated rings. The monoisotopic (exact) mass is 289 g/mol. The van der Waals surface area contributed by atoms with E-state index in [1.165, 1.54) is 4.90 Å². The number of rotatable bonds is 5. The van der Waals surface area contributed by atoms with Gasteiger partial charge >= 0.3 is 6.03 Å². The maximum atomic E-state index is 12.2. The molecule has 112 valence electrons. The standard InChI is InChI=1S/C15H19N3O3/c1-9(2)7-12-14(20)18(15(21)17-12)8-10-3-5-11(6-4-10)13(16)19/h3-6,9,12H,7-8H2,1-2H3,(H2,16,19)(H,17,21)/t12-/m0/s1. The molecule has 0 saturated carbocycles. The fraction of sp³-hybridized carbons (Fsp3) is 0.400. The molecule has 0 unspecified atom stereocenters. The lowest BCUT2D eigenvalue weighted by Gasteiger charge is -2.14. The molecule has 1 atom stereocenters. The number of hydrogen-bond acceptors (Lipinski definition) is 3. The molecule has 1 aromatic rings. The van der Waals surface area contributed by atoms with Gasteiger partial charge in [0.2, 0.25) is 5.91 Å². The first kappa shape index (κ1) is 15.0. The van der Waals surface area contributed by atoms with Gasteiger partial charge in [0, 0.05) is 5.56 Å². The summed E-state index contributed by atoms with van der Waals surface area (Å²) in [6.07, 6.45) is 0.627. The van der Waals surface area contributed by atoms with Gasteiger partial charge in [-0.2, -0.15) is 0 Å². The number of nitrogens with zero attached hydrogens (tertiary/aromatic N) is 1. The molecule has 1 aliphatic rings. The molecule has 1 heterocycles. The number of imide groups is 1. The lowest BCUT2D eigenvalue weighted by molar-refractivity contribution is -0.128. The van der Waals surface area contributed by atoms with E-state index in [1.807, 2.05) is 13.8 Å². The van der Waals surface area contributed by atoms with Crippen LogP contribution in [0.4, 0.5) is 4.79 Å². The van der Waals surface area contributed by atoms with Crippen LogP contribution < -0.4 is 11.1 Å². The largest absolute Gasteiger partial charge is 0.366 e. The number of nitrogens with one attached hydrogen (secondary N) is 1. The minimum Gasteiger partial charge on any atom is -0.366 e. The molecule has 4 amide bonds. The fourth-order valence-electron chi connectivity index (χ4n) is 2.31. The van der Waals surface area contributed by atoms with Crippen LogP contribution in [0.25, 0.3) is 0 Å². The Balaban J connectivity index is 2.07. The van der Waals surface area contributed by atoms with Gasteiger partial charge < -0.3 is 11.1 Å². The minimum absolute atomic E-state index is 0.193. The Hall–Kier alpha value is -2.37. The van der Waals surface area contributed by atoms with Gasteiger partial charge in [-0.1, -0.05) is 26.0 Å². The van der Waals surface area contributed by atoms with Crippen molar-refractivity contribution in [3.05, 3.63) is 35.4 Å². The molecule has 0 aliphatic carbocycles. The molecule has 1 saturated heterocycles. The molecule has 6 nitrogen and oxygen atoms in total. The summed E-state index contributed by atoms with van der Waals surface area (Å²) < 4.78 is 0. The first-order valence-corrected chi connectivity index (χ1v) is 6.89. The first-order chi connectivity index (χ1) is 9.88. The first-order valence-electron chi connectivity index (χ1n) is 6.89. The lowest BCUT2D eigenvalue weighted by atomic mass is 10.0. The third kappa shape index (κ3) is 3.39. The Bertz CT molecular complexity index is 566. The Kier molecular flexibility index (Phi) is 4.26. The van der Waals surface area contributed by atoms with E-state index < -0.39 is 11.9 Å². The maximum absolute atomic E-state index is 12.2. The van der Waals surface area contributed by atoms with Crippen molar-refractivity contribution in [2.45, 2.75) is 32.9 Å². The maximum Gasteiger partial charge on any atom is 0.325 e. The highest BCUT2D eigenvalue weighted by molar-refractivity contribution is 6.04. The molecule has 0 bridgehead atoms. The van der Waals surface area contributed by atoms with Crippen molar-refractivity contribution in [1.82, 2.24) is 10.2 Å². The van der Waals surface area contributed by atoms with Crippen LogP contribution in [0, 0.1) is 5.92 Å². The zero-order valence-electron chi connectivity index (χ0n) is 12.1. The third-order valence-electron chi connectivity index (χ3n) is 3.39. The Labute approximate surface area is 123 Å². The van der Waals surface area contributed by atoms with E-state index in [-0.39, 0.29) is 18.5 Å². The average Bonchev–Trinajstić information content (AvgIpc) is 2.66. The van der Waals surface area contributed by atoms with Gasteiger partial charge in [-0.25, -0.2) is 4.79 Å². The van der Waals surface area contributed by atoms with E-state index in [9.17, 15) is 14.4 Å². The molecule has 1 aliphatic heterocycles. The summed E-state index contributed by atoms with van der Waals surface area (Å²) in [6.45, 7) is 4.20. The second kappa shape index (κ2) is 5.95. The SMILES string of the molecule is CC(C)C[C@@H]1NC(=O)N(Cc2ccc(C(N)=O)cc2)C1=O. The summed E-state index contributed by atoms with van der Waals surface area (Å²) >= 11 is 0. The van der Waals surface area contributed by atoms with Crippen LogP contribution in [0.2, 0.25) is 0 Å². The second-order valence-corrected chi connectivity index (χ2v) is 5.62. The van der Waals surface area contributed by atoms with Gasteiger partial charge in [-0.3, -0.25) is 14.5 Å². The van der Waals surface area contributed by atoms with Crippen molar-refractivity contribution in [3.63, 3.8) is 0 Å². The van der Waals surface area contributed by atoms with Gasteiger partial charge in [0.05, 0.1) is 6.54 Å². The molecule has 0 radical (unpaired) electrons. The number of primary amides is 1. The van der Waals surface area contributed by atoms with Gasteiger partial charge in [0.15, 0.2) is 0 Å². The number of benzene rings is 1. The fourth-order valence-corrected chi connectivity index (χ4v) is 2.31. The van der Waals surface area contributed by atoms with Crippen molar-refractivity contribution in [3.8, 4) is 0 Å². The minimum atomic E-state index is -0.506. The summed E-state index contributed by atoms with van der Waals surface area (Å²) in [5.74, 6) is -0.379. The highest BCUT2D eigenvalue weighted by Crippen LogP contribution is 2.17. The van der Waals surface area contributed by atoms with Crippen LogP contribution in [0.3, 0.4) is 0 Å². The van der Waals surface area contributed by atoms with Crippen LogP contribution in [0.15, 0.2) is 24.3 Å². The van der Waals surface area contributed by atoms with Crippen LogP contribution >= 0.6 is 0 Å². The van der Waals surface area contributed by atoms with Crippen molar-refractivity contribution in [1.29, 1.82) is 0 Å². The van der Waals surface area contributed by atoms with Crippen LogP contribution in [-0.4, -0.2) is 28.8 Å². The summed E-state index contributed by atoms with van der Waals surface area (Å²) in [7, 11) is 0. The number of hydrogen-bond donors (Lipinski definition) is 2. The molecule has 0 aromatic heterocycles. The number of nitrogens with two attached hydrogens (primary N) is 1. The number of urea groups is 1. The molecular formula is C15H19N3O3. The van der Waals surface area contributed by atoms with E-state index >= 15 is 0 Å². The van der Waals surface area contributed by atoms with Crippen LogP contribution in [0.5, 0.6) is 0 Å². The molecule has 6 heteroatoms. The highest BCUT2D eigenvalue weighted by Gasteiger charge is 2.37. The second-order valence-electron chi connectivity index (χ2n) is 5.62. The summed E-state index contributed by atoms with van der Waals surface area (Å²) in [6, 6.07) is 5.74. The quantitative estimate of drug-likeness (QED) is 0.799. The normalized spacial score (nSPS) is 18.2. The van der Waals surface area contributed by atoms with Gasteiger partial charge in [0.1, 0.15) is 6.04 Å². The molecule has 1 aromatic carbocycles. The molecule has 2 rings (SSSR count). The lowest BCUT2D eigenvalue weighted by Crippen LogP contribution is -2.31. The summed E-state index contributed by atoms with van der Waals surface area (Å²) in [4.78, 5) is 36.3. The Morgan fingerprint density at radius 2 is 1.90 bits per heavy atom. The van der Waals surface area contributed by atoms with Crippen molar-refractivity contribution >= 4 is 17.8 Å². The van der Waals surface area contributed by atoms with Crippen LogP contribution in [0.1, 0.15) is 36.2 Å². The Morgan fingerprint density at radius 1 is 1.29 bits per heavy atom. The molecule has 0 spiro atoms. The average molecular weight is 289 g/mol. The van der Waals surface area contributed by atoms with E-state index in [1.54, 1.807) is 24.3 Å². The zero-order valence-corrected chi connectivity index (χ0v) is 12.1. The smallest absolute Gasteiger partial charge is 0.325 e. The predicted octanol–water partition coefficient (Wildman–Crippen LogP) is 1.25. The number of carbonyl (C=O) groups is 3. The van der Waals surface area contributed by atoms with Crippen molar-refractivity contribution in [2.24, 2.45) is 11.7 Å². The third-order valence-corrected chi connectivity index (χ3v) is 3.39. The van der Waals surface area contributed by atoms with E-state index in [0.29, 0.717) is 17.9 Å². The van der Waals surface area contributed by atoms with Gasteiger partial charge in [-0.15, -0.1) is 0 Å². The molecular weight excluding hydrogens is 270 g/mol. The van der Waals surface area contributed by atoms with Gasteiger partial charge in [0.25, 0.3) is 5.91 Å². The summed E-state index contributed by atoms with van der Waals surface area (Å²) in [5.41, 5.74) is 6.34. The predicted molar refractivity (Wildman–Crippen MR) is 77.3 cm³/mol. The topological polar surface area (TPSA) is 92.5 Å². The summed E-state index contributed by atoms with van der Waals surface area (Å²) in [5, 5.41) is 2.70. The van der Waals surface area contributed by atoms with Crippen molar-refractivity contribution < 1.29 is 14.4 Å². The number of amides is 4.